The Morgan fingerprint density at radius 2 is 2.40 bits per heavy atom. The number of aromatic nitrogens is 3. The van der Waals surface area contributed by atoms with Gasteiger partial charge in [-0.2, -0.15) is 5.10 Å². The summed E-state index contributed by atoms with van der Waals surface area (Å²) in [5.41, 5.74) is 0.820. The van der Waals surface area contributed by atoms with Crippen LogP contribution in [0.2, 0.25) is 5.15 Å². The lowest BCUT2D eigenvalue weighted by Crippen LogP contribution is -2.19. The number of amides is 1. The minimum absolute atomic E-state index is 0.105. The lowest BCUT2D eigenvalue weighted by atomic mass is 10.2. The van der Waals surface area contributed by atoms with Crippen molar-refractivity contribution in [3.8, 4) is 0 Å². The summed E-state index contributed by atoms with van der Waals surface area (Å²) in [5.74, 6) is 0.321. The molecule has 1 unspecified atom stereocenters. The van der Waals surface area contributed by atoms with Gasteiger partial charge in [0.05, 0.1) is 10.9 Å². The van der Waals surface area contributed by atoms with Crippen molar-refractivity contribution in [2.75, 3.05) is 11.9 Å². The smallest absolute Gasteiger partial charge is 0.222 e. The minimum atomic E-state index is -0.164. The van der Waals surface area contributed by atoms with Gasteiger partial charge in [0.25, 0.3) is 0 Å². The van der Waals surface area contributed by atoms with Crippen LogP contribution < -0.4 is 5.32 Å². The predicted molar refractivity (Wildman–Crippen MR) is 75.7 cm³/mol. The number of hydrogen-bond donors (Lipinski definition) is 1. The van der Waals surface area contributed by atoms with Crippen molar-refractivity contribution in [3.05, 3.63) is 17.4 Å². The Hall–Kier alpha value is -1.66. The van der Waals surface area contributed by atoms with E-state index in [2.05, 4.69) is 15.4 Å². The van der Waals surface area contributed by atoms with E-state index in [0.29, 0.717) is 11.0 Å². The molecule has 1 atom stereocenters. The molecule has 0 saturated carbocycles. The van der Waals surface area contributed by atoms with Gasteiger partial charge in [-0.15, -0.1) is 0 Å². The number of ether oxygens (including phenoxy) is 1. The number of pyridine rings is 1. The van der Waals surface area contributed by atoms with Crippen LogP contribution in [0, 0.1) is 0 Å². The highest BCUT2D eigenvalue weighted by atomic mass is 35.5. The van der Waals surface area contributed by atoms with Crippen molar-refractivity contribution in [2.45, 2.75) is 32.4 Å². The van der Waals surface area contributed by atoms with E-state index in [4.69, 9.17) is 16.3 Å². The summed E-state index contributed by atoms with van der Waals surface area (Å²) in [6.45, 7) is 2.17. The molecule has 0 radical (unpaired) electrons. The van der Waals surface area contributed by atoms with Crippen LogP contribution in [0.5, 0.6) is 0 Å². The third-order valence-electron chi connectivity index (χ3n) is 3.28. The van der Waals surface area contributed by atoms with Gasteiger partial charge in [0, 0.05) is 25.8 Å². The van der Waals surface area contributed by atoms with Crippen LogP contribution in [0.15, 0.2) is 12.3 Å². The number of nitrogens with zero attached hydrogens (tertiary/aromatic N) is 3. The molecule has 1 aliphatic rings. The molecule has 1 N–H and O–H groups in total. The van der Waals surface area contributed by atoms with Gasteiger partial charge < -0.3 is 10.1 Å². The van der Waals surface area contributed by atoms with E-state index in [1.807, 2.05) is 0 Å². The lowest BCUT2D eigenvalue weighted by Gasteiger charge is -2.23. The van der Waals surface area contributed by atoms with E-state index in [1.54, 1.807) is 16.9 Å². The Balaban J connectivity index is 2.04. The molecule has 2 aromatic heterocycles. The maximum atomic E-state index is 11.1. The van der Waals surface area contributed by atoms with Crippen LogP contribution in [0.1, 0.15) is 32.4 Å². The monoisotopic (exact) mass is 294 g/mol. The third-order valence-corrected chi connectivity index (χ3v) is 3.56. The Bertz CT molecular complexity index is 649. The maximum Gasteiger partial charge on any atom is 0.222 e. The number of nitrogens with one attached hydrogen (secondary N) is 1. The first-order valence-corrected chi connectivity index (χ1v) is 6.96. The van der Waals surface area contributed by atoms with Crippen molar-refractivity contribution >= 4 is 34.2 Å². The number of anilines is 1. The number of rotatable bonds is 2. The first kappa shape index (κ1) is 13.3. The van der Waals surface area contributed by atoms with Gasteiger partial charge in [-0.05, 0) is 19.3 Å². The van der Waals surface area contributed by atoms with Crippen molar-refractivity contribution in [3.63, 3.8) is 0 Å². The maximum absolute atomic E-state index is 11.1. The topological polar surface area (TPSA) is 69.0 Å². The third kappa shape index (κ3) is 2.48. The van der Waals surface area contributed by atoms with Crippen molar-refractivity contribution in [1.82, 2.24) is 14.8 Å². The second-order valence-corrected chi connectivity index (χ2v) is 5.18. The summed E-state index contributed by atoms with van der Waals surface area (Å²) < 4.78 is 7.52. The molecule has 3 rings (SSSR count). The molecule has 7 heteroatoms. The van der Waals surface area contributed by atoms with Crippen molar-refractivity contribution < 1.29 is 9.53 Å². The summed E-state index contributed by atoms with van der Waals surface area (Å²) in [4.78, 5) is 15.3. The minimum Gasteiger partial charge on any atom is -0.356 e. The van der Waals surface area contributed by atoms with Crippen LogP contribution in [-0.4, -0.2) is 27.3 Å². The fourth-order valence-electron chi connectivity index (χ4n) is 2.38. The highest BCUT2D eigenvalue weighted by molar-refractivity contribution is 6.34. The summed E-state index contributed by atoms with van der Waals surface area (Å²) in [6.07, 6.45) is 4.60. The van der Waals surface area contributed by atoms with Gasteiger partial charge in [0.1, 0.15) is 5.82 Å². The highest BCUT2D eigenvalue weighted by Crippen LogP contribution is 2.30. The molecule has 0 aromatic carbocycles. The number of halogens is 1. The van der Waals surface area contributed by atoms with Gasteiger partial charge >= 0.3 is 0 Å². The van der Waals surface area contributed by atoms with Crippen LogP contribution in [-0.2, 0) is 9.53 Å². The van der Waals surface area contributed by atoms with Gasteiger partial charge in [-0.1, -0.05) is 11.6 Å². The van der Waals surface area contributed by atoms with Crippen LogP contribution >= 0.6 is 11.6 Å². The van der Waals surface area contributed by atoms with Crippen LogP contribution in [0.25, 0.3) is 10.9 Å². The van der Waals surface area contributed by atoms with E-state index in [0.717, 1.165) is 36.8 Å². The van der Waals surface area contributed by atoms with Gasteiger partial charge in [-0.3, -0.25) is 4.79 Å². The van der Waals surface area contributed by atoms with Crippen molar-refractivity contribution in [1.29, 1.82) is 0 Å². The number of hydrogen-bond acceptors (Lipinski definition) is 4. The zero-order valence-corrected chi connectivity index (χ0v) is 11.9. The van der Waals surface area contributed by atoms with Gasteiger partial charge in [0.15, 0.2) is 11.4 Å². The molecule has 2 aromatic rings. The van der Waals surface area contributed by atoms with E-state index in [1.165, 1.54) is 6.92 Å². The van der Waals surface area contributed by atoms with E-state index in [9.17, 15) is 4.79 Å². The van der Waals surface area contributed by atoms with Crippen LogP contribution in [0.3, 0.4) is 0 Å². The molecule has 106 valence electrons. The van der Waals surface area contributed by atoms with E-state index < -0.39 is 0 Å². The number of fused-ring (bicyclic) bond motifs is 1. The van der Waals surface area contributed by atoms with E-state index in [-0.39, 0.29) is 12.1 Å². The van der Waals surface area contributed by atoms with Gasteiger partial charge in [0.2, 0.25) is 5.91 Å². The van der Waals surface area contributed by atoms with Crippen LogP contribution in [0.4, 0.5) is 5.82 Å². The molecule has 0 spiro atoms. The Morgan fingerprint density at radius 1 is 1.55 bits per heavy atom. The Labute approximate surface area is 121 Å². The lowest BCUT2D eigenvalue weighted by molar-refractivity contribution is -0.114. The fraction of sp³-hybridized carbons (Fsp3) is 0.462. The SMILES string of the molecule is CC(=O)Nc1cc2c(cn1)c(Cl)nn2C1CCCCO1. The zero-order valence-electron chi connectivity index (χ0n) is 11.1. The molecule has 6 nitrogen and oxygen atoms in total. The molecule has 20 heavy (non-hydrogen) atoms. The summed E-state index contributed by atoms with van der Waals surface area (Å²) in [6, 6.07) is 1.77. The standard InChI is InChI=1S/C13H15ClN4O2/c1-8(19)16-11-6-10-9(7-15-11)13(14)17-18(10)12-4-2-3-5-20-12/h6-7,12H,2-5H2,1H3,(H,15,16,19). The van der Waals surface area contributed by atoms with E-state index >= 15 is 0 Å². The average Bonchev–Trinajstić information content (AvgIpc) is 2.76. The molecule has 1 aliphatic heterocycles. The Morgan fingerprint density at radius 3 is 3.10 bits per heavy atom. The van der Waals surface area contributed by atoms with Crippen molar-refractivity contribution in [2.24, 2.45) is 0 Å². The predicted octanol–water partition coefficient (Wildman–Crippen LogP) is 2.74. The molecule has 1 fully saturated rings. The molecule has 0 bridgehead atoms. The molecular weight excluding hydrogens is 280 g/mol. The first-order valence-electron chi connectivity index (χ1n) is 6.58. The molecule has 1 saturated heterocycles. The quantitative estimate of drug-likeness (QED) is 0.924. The summed E-state index contributed by atoms with van der Waals surface area (Å²) in [7, 11) is 0. The second-order valence-electron chi connectivity index (χ2n) is 4.82. The number of carbonyl (C=O) groups is 1. The van der Waals surface area contributed by atoms with Gasteiger partial charge in [-0.25, -0.2) is 9.67 Å². The zero-order chi connectivity index (χ0) is 14.1. The highest BCUT2D eigenvalue weighted by Gasteiger charge is 2.21. The first-order chi connectivity index (χ1) is 9.65. The average molecular weight is 295 g/mol. The molecule has 0 aliphatic carbocycles. The largest absolute Gasteiger partial charge is 0.356 e. The molecular formula is C13H15ClN4O2. The number of carbonyl (C=O) groups excluding carboxylic acids is 1. The Kier molecular flexibility index (Phi) is 3.58. The normalized spacial score (nSPS) is 19.2. The summed E-state index contributed by atoms with van der Waals surface area (Å²) >= 11 is 6.14. The molecule has 1 amide bonds. The fourth-order valence-corrected chi connectivity index (χ4v) is 2.61. The molecule has 3 heterocycles. The second kappa shape index (κ2) is 5.38. The summed E-state index contributed by atoms with van der Waals surface area (Å²) in [5, 5.41) is 8.16.